The second kappa shape index (κ2) is 4.89. The van der Waals surface area contributed by atoms with E-state index in [9.17, 15) is 9.90 Å². The summed E-state index contributed by atoms with van der Waals surface area (Å²) in [5.74, 6) is -1.32. The van der Waals surface area contributed by atoms with Crippen LogP contribution in [0.15, 0.2) is 24.3 Å². The number of hydrogen-bond donors (Lipinski definition) is 0. The third-order valence-electron chi connectivity index (χ3n) is 1.27. The van der Waals surface area contributed by atoms with Crippen LogP contribution in [0.4, 0.5) is 0 Å². The molecule has 1 rings (SSSR count). The summed E-state index contributed by atoms with van der Waals surface area (Å²) in [6.07, 6.45) is 0. The first-order chi connectivity index (χ1) is 5.25. The van der Waals surface area contributed by atoms with Gasteiger partial charge in [0.2, 0.25) is 0 Å². The van der Waals surface area contributed by atoms with Crippen LogP contribution in [0.25, 0.3) is 0 Å². The van der Waals surface area contributed by atoms with Crippen molar-refractivity contribution in [2.75, 3.05) is 0 Å². The van der Waals surface area contributed by atoms with Crippen molar-refractivity contribution in [2.24, 2.45) is 0 Å². The SMILES string of the molecule is N#Cc1ccccc1C(=O)[O-].[Hg+]. The Morgan fingerprint density at radius 3 is 2.42 bits per heavy atom. The fourth-order valence-electron chi connectivity index (χ4n) is 0.759. The van der Waals surface area contributed by atoms with Gasteiger partial charge in [0.25, 0.3) is 0 Å². The molecule has 0 unspecified atom stereocenters. The number of benzene rings is 1. The molecule has 0 fully saturated rings. The maximum absolute atomic E-state index is 10.3. The van der Waals surface area contributed by atoms with E-state index >= 15 is 0 Å². The van der Waals surface area contributed by atoms with Gasteiger partial charge in [0.05, 0.1) is 17.6 Å². The van der Waals surface area contributed by atoms with Crippen molar-refractivity contribution in [3.63, 3.8) is 0 Å². The van der Waals surface area contributed by atoms with Crippen LogP contribution >= 0.6 is 0 Å². The zero-order valence-corrected chi connectivity index (χ0v) is 11.8. The molecule has 0 amide bonds. The van der Waals surface area contributed by atoms with Crippen molar-refractivity contribution in [3.8, 4) is 6.07 Å². The van der Waals surface area contributed by atoms with Gasteiger partial charge in [-0.2, -0.15) is 5.26 Å². The van der Waals surface area contributed by atoms with E-state index in [1.807, 2.05) is 0 Å². The molecule has 0 saturated heterocycles. The van der Waals surface area contributed by atoms with E-state index in [2.05, 4.69) is 0 Å². The van der Waals surface area contributed by atoms with Gasteiger partial charge in [0, 0.05) is 5.56 Å². The molecule has 0 aliphatic carbocycles. The molecule has 0 aromatic heterocycles. The van der Waals surface area contributed by atoms with E-state index < -0.39 is 5.97 Å². The molecule has 0 aliphatic rings. The average molecular weight is 347 g/mol. The van der Waals surface area contributed by atoms with E-state index in [4.69, 9.17) is 5.26 Å². The third kappa shape index (κ3) is 2.31. The maximum atomic E-state index is 10.3. The quantitative estimate of drug-likeness (QED) is 0.668. The minimum Gasteiger partial charge on any atom is -0.545 e. The summed E-state index contributed by atoms with van der Waals surface area (Å²) in [6.45, 7) is 0. The molecule has 1 aromatic rings. The van der Waals surface area contributed by atoms with Gasteiger partial charge in [0.15, 0.2) is 0 Å². The largest absolute Gasteiger partial charge is 1.00 e. The molecule has 0 spiro atoms. The third-order valence-corrected chi connectivity index (χ3v) is 1.27. The molecular weight excluding hydrogens is 343 g/mol. The Kier molecular flexibility index (Phi) is 4.53. The Labute approximate surface area is 90.1 Å². The minimum absolute atomic E-state index is 0. The van der Waals surface area contributed by atoms with Gasteiger partial charge >= 0.3 is 27.7 Å². The summed E-state index contributed by atoms with van der Waals surface area (Å²) < 4.78 is 0. The number of carbonyl (C=O) groups excluding carboxylic acids is 1. The maximum Gasteiger partial charge on any atom is 1.00 e. The molecule has 0 N–H and O–H groups in total. The number of hydrogen-bond acceptors (Lipinski definition) is 3. The zero-order valence-electron chi connectivity index (χ0n) is 6.28. The van der Waals surface area contributed by atoms with Crippen LogP contribution in [-0.4, -0.2) is 5.97 Å². The molecule has 0 aliphatic heterocycles. The second-order valence-corrected chi connectivity index (χ2v) is 1.94. The van der Waals surface area contributed by atoms with Crippen molar-refractivity contribution in [3.05, 3.63) is 35.4 Å². The van der Waals surface area contributed by atoms with Gasteiger partial charge in [0.1, 0.15) is 0 Å². The number of carboxylic acids is 1. The summed E-state index contributed by atoms with van der Waals surface area (Å²) >= 11 is 0. The van der Waals surface area contributed by atoms with Gasteiger partial charge in [-0.1, -0.05) is 18.2 Å². The average Bonchev–Trinajstić information content (AvgIpc) is 2.04. The summed E-state index contributed by atoms with van der Waals surface area (Å²) in [4.78, 5) is 10.3. The van der Waals surface area contributed by atoms with Crippen molar-refractivity contribution >= 4 is 5.97 Å². The van der Waals surface area contributed by atoms with Crippen molar-refractivity contribution < 1.29 is 37.6 Å². The number of aromatic carboxylic acids is 1. The Hall–Kier alpha value is -0.885. The summed E-state index contributed by atoms with van der Waals surface area (Å²) in [5.41, 5.74) is 0.0718. The van der Waals surface area contributed by atoms with Crippen molar-refractivity contribution in [2.45, 2.75) is 0 Å². The topological polar surface area (TPSA) is 63.9 Å². The van der Waals surface area contributed by atoms with E-state index in [1.54, 1.807) is 18.2 Å². The monoisotopic (exact) mass is 348 g/mol. The van der Waals surface area contributed by atoms with Crippen LogP contribution in [-0.2, 0) is 27.7 Å². The first kappa shape index (κ1) is 11.1. The smallest absolute Gasteiger partial charge is 0.545 e. The first-order valence-electron chi connectivity index (χ1n) is 2.96. The molecule has 0 atom stereocenters. The Morgan fingerprint density at radius 2 is 2.00 bits per heavy atom. The number of nitrogens with zero attached hydrogens (tertiary/aromatic N) is 1. The van der Waals surface area contributed by atoms with Gasteiger partial charge in [-0.25, -0.2) is 0 Å². The Morgan fingerprint density at radius 1 is 1.42 bits per heavy atom. The zero-order chi connectivity index (χ0) is 8.27. The minimum atomic E-state index is -1.32. The Bertz CT molecular complexity index is 330. The second-order valence-electron chi connectivity index (χ2n) is 1.94. The van der Waals surface area contributed by atoms with Crippen molar-refractivity contribution in [1.29, 1.82) is 5.26 Å². The van der Waals surface area contributed by atoms with E-state index in [1.165, 1.54) is 12.1 Å². The molecule has 0 bridgehead atoms. The molecule has 4 heteroatoms. The van der Waals surface area contributed by atoms with Crippen LogP contribution in [0.5, 0.6) is 0 Å². The number of carboxylic acid groups (broad SMARTS) is 1. The molecule has 12 heavy (non-hydrogen) atoms. The van der Waals surface area contributed by atoms with Crippen molar-refractivity contribution in [1.82, 2.24) is 0 Å². The normalized spacial score (nSPS) is 7.92. The first-order valence-corrected chi connectivity index (χ1v) is 2.96. The van der Waals surface area contributed by atoms with E-state index in [0.29, 0.717) is 0 Å². The predicted molar refractivity (Wildman–Crippen MR) is 35.5 cm³/mol. The van der Waals surface area contributed by atoms with Gasteiger partial charge in [-0.05, 0) is 6.07 Å². The summed E-state index contributed by atoms with van der Waals surface area (Å²) in [6, 6.07) is 7.68. The fraction of sp³-hybridized carbons (Fsp3) is 0. The molecule has 0 saturated carbocycles. The van der Waals surface area contributed by atoms with E-state index in [-0.39, 0.29) is 38.8 Å². The molecule has 3 nitrogen and oxygen atoms in total. The van der Waals surface area contributed by atoms with Crippen LogP contribution < -0.4 is 5.11 Å². The van der Waals surface area contributed by atoms with Crippen LogP contribution in [0.2, 0.25) is 0 Å². The van der Waals surface area contributed by atoms with Crippen LogP contribution in [0, 0.1) is 11.3 Å². The summed E-state index contributed by atoms with van der Waals surface area (Å²) in [7, 11) is 0. The Balaban J connectivity index is 0.00000121. The summed E-state index contributed by atoms with van der Waals surface area (Å²) in [5, 5.41) is 18.7. The van der Waals surface area contributed by atoms with Crippen LogP contribution in [0.3, 0.4) is 0 Å². The molecular formula is C8H4HgNO2. The number of rotatable bonds is 1. The van der Waals surface area contributed by atoms with E-state index in [0.717, 1.165) is 0 Å². The molecule has 1 radical (unpaired) electrons. The molecule has 55 valence electrons. The van der Waals surface area contributed by atoms with Gasteiger partial charge in [-0.3, -0.25) is 0 Å². The fourth-order valence-corrected chi connectivity index (χ4v) is 0.759. The number of carbonyl (C=O) groups is 1. The molecule has 0 heterocycles. The van der Waals surface area contributed by atoms with Gasteiger partial charge in [-0.15, -0.1) is 0 Å². The molecule has 1 aromatic carbocycles. The standard InChI is InChI=1S/C8H5NO2.Hg/c9-5-6-3-1-2-4-7(6)8(10)11;/h1-4H,(H,10,11);/q;+1/p-1. The van der Waals surface area contributed by atoms with Crippen LogP contribution in [0.1, 0.15) is 15.9 Å². The number of nitriles is 1. The van der Waals surface area contributed by atoms with Gasteiger partial charge < -0.3 is 9.90 Å². The predicted octanol–water partition coefficient (Wildman–Crippen LogP) is -0.0807.